The zero-order chi connectivity index (χ0) is 19.5. The lowest BCUT2D eigenvalue weighted by Crippen LogP contribution is -2.43. The maximum Gasteiger partial charge on any atom is 0.290 e. The maximum atomic E-state index is 9.82. The Morgan fingerprint density at radius 2 is 2.00 bits per heavy atom. The van der Waals surface area contributed by atoms with Gasteiger partial charge in [-0.25, -0.2) is 0 Å². The number of nitrogens with one attached hydrogen (secondary N) is 1. The number of phenols is 1. The van der Waals surface area contributed by atoms with Crippen LogP contribution in [0.1, 0.15) is 18.6 Å². The number of carbonyl (C=O) groups is 1. The summed E-state index contributed by atoms with van der Waals surface area (Å²) in [7, 11) is 0. The number of morpholine rings is 1. The second-order valence-corrected chi connectivity index (χ2v) is 5.73. The molecule has 1 heterocycles. The standard InChI is InChI=1S/C19H23NO4.CH2O2/c1-2-22-16-9-8-15(21)12-17(16)24-19(14-6-4-3-5-7-14)18-13-20-10-11-23-18;2-1-3/h3-9,12,18-21H,2,10-11,13H2,1H3;1H,(H,2,3)/t18-,19-;/m0./s1. The molecule has 1 saturated heterocycles. The van der Waals surface area contributed by atoms with Crippen molar-refractivity contribution in [2.24, 2.45) is 0 Å². The average Bonchev–Trinajstić information content (AvgIpc) is 2.70. The van der Waals surface area contributed by atoms with Gasteiger partial charge in [-0.2, -0.15) is 0 Å². The second-order valence-electron chi connectivity index (χ2n) is 5.73. The zero-order valence-corrected chi connectivity index (χ0v) is 15.2. The monoisotopic (exact) mass is 375 g/mol. The number of aromatic hydroxyl groups is 1. The minimum atomic E-state index is -0.292. The number of carboxylic acid groups (broad SMARTS) is 1. The van der Waals surface area contributed by atoms with Crippen LogP contribution in [0.15, 0.2) is 48.5 Å². The van der Waals surface area contributed by atoms with Crippen molar-refractivity contribution in [1.29, 1.82) is 0 Å². The van der Waals surface area contributed by atoms with E-state index in [1.54, 1.807) is 18.2 Å². The molecule has 0 radical (unpaired) electrons. The first-order chi connectivity index (χ1) is 13.2. The fraction of sp³-hybridized carbons (Fsp3) is 0.350. The molecule has 0 bridgehead atoms. The van der Waals surface area contributed by atoms with Crippen LogP contribution in [0.25, 0.3) is 0 Å². The van der Waals surface area contributed by atoms with Crippen LogP contribution < -0.4 is 14.8 Å². The van der Waals surface area contributed by atoms with E-state index in [4.69, 9.17) is 24.1 Å². The lowest BCUT2D eigenvalue weighted by molar-refractivity contribution is -0.122. The molecule has 2 aromatic carbocycles. The fourth-order valence-corrected chi connectivity index (χ4v) is 2.78. The molecule has 7 nitrogen and oxygen atoms in total. The molecule has 7 heteroatoms. The molecule has 1 fully saturated rings. The first kappa shape index (κ1) is 20.5. The molecule has 1 aliphatic rings. The fourth-order valence-electron chi connectivity index (χ4n) is 2.78. The number of phenolic OH excluding ortho intramolecular Hbond substituents is 1. The van der Waals surface area contributed by atoms with Gasteiger partial charge < -0.3 is 29.7 Å². The van der Waals surface area contributed by atoms with E-state index in [-0.39, 0.29) is 24.4 Å². The van der Waals surface area contributed by atoms with E-state index in [9.17, 15) is 5.11 Å². The highest BCUT2D eigenvalue weighted by Crippen LogP contribution is 2.36. The summed E-state index contributed by atoms with van der Waals surface area (Å²) in [5.41, 5.74) is 1.02. The molecule has 0 aromatic heterocycles. The van der Waals surface area contributed by atoms with Crippen molar-refractivity contribution in [3.05, 3.63) is 54.1 Å². The summed E-state index contributed by atoms with van der Waals surface area (Å²) in [5, 5.41) is 20.0. The van der Waals surface area contributed by atoms with Crippen LogP contribution in [0.2, 0.25) is 0 Å². The summed E-state index contributed by atoms with van der Waals surface area (Å²) in [6.07, 6.45) is -0.405. The highest BCUT2D eigenvalue weighted by atomic mass is 16.6. The van der Waals surface area contributed by atoms with Crippen LogP contribution in [0.5, 0.6) is 17.2 Å². The Kier molecular flexibility index (Phi) is 8.41. The van der Waals surface area contributed by atoms with Crippen LogP contribution >= 0.6 is 0 Å². The predicted octanol–water partition coefficient (Wildman–Crippen LogP) is 2.60. The van der Waals surface area contributed by atoms with Crippen LogP contribution in [-0.2, 0) is 9.53 Å². The van der Waals surface area contributed by atoms with Crippen molar-refractivity contribution >= 4 is 6.47 Å². The van der Waals surface area contributed by atoms with E-state index in [1.165, 1.54) is 0 Å². The molecule has 27 heavy (non-hydrogen) atoms. The molecule has 0 unspecified atom stereocenters. The van der Waals surface area contributed by atoms with Gasteiger partial charge in [0, 0.05) is 19.2 Å². The molecule has 0 saturated carbocycles. The molecular weight excluding hydrogens is 350 g/mol. The van der Waals surface area contributed by atoms with Crippen LogP contribution in [0.3, 0.4) is 0 Å². The molecule has 1 aliphatic heterocycles. The largest absolute Gasteiger partial charge is 0.508 e. The van der Waals surface area contributed by atoms with Crippen LogP contribution in [0, 0.1) is 0 Å². The van der Waals surface area contributed by atoms with Crippen molar-refractivity contribution in [3.8, 4) is 17.2 Å². The van der Waals surface area contributed by atoms with Gasteiger partial charge in [-0.3, -0.25) is 4.79 Å². The molecule has 2 aromatic rings. The Hall–Kier alpha value is -2.77. The van der Waals surface area contributed by atoms with Crippen LogP contribution in [-0.4, -0.2) is 49.1 Å². The minimum Gasteiger partial charge on any atom is -0.508 e. The smallest absolute Gasteiger partial charge is 0.290 e. The number of benzene rings is 2. The van der Waals surface area contributed by atoms with E-state index < -0.39 is 0 Å². The third kappa shape index (κ3) is 6.16. The summed E-state index contributed by atoms with van der Waals surface area (Å²) < 4.78 is 17.8. The average molecular weight is 375 g/mol. The van der Waals surface area contributed by atoms with Crippen molar-refractivity contribution in [2.45, 2.75) is 19.1 Å². The molecule has 0 amide bonds. The van der Waals surface area contributed by atoms with E-state index in [1.807, 2.05) is 37.3 Å². The van der Waals surface area contributed by atoms with Gasteiger partial charge in [0.1, 0.15) is 11.9 Å². The molecular formula is C20H25NO6. The number of hydrogen-bond donors (Lipinski definition) is 3. The molecule has 3 N–H and O–H groups in total. The lowest BCUT2D eigenvalue weighted by atomic mass is 10.0. The molecule has 0 spiro atoms. The minimum absolute atomic E-state index is 0.113. The van der Waals surface area contributed by atoms with Gasteiger partial charge in [-0.05, 0) is 24.6 Å². The van der Waals surface area contributed by atoms with E-state index in [2.05, 4.69) is 5.32 Å². The summed E-state index contributed by atoms with van der Waals surface area (Å²) >= 11 is 0. The van der Waals surface area contributed by atoms with E-state index >= 15 is 0 Å². The van der Waals surface area contributed by atoms with Crippen molar-refractivity contribution in [3.63, 3.8) is 0 Å². The molecule has 3 rings (SSSR count). The highest BCUT2D eigenvalue weighted by molar-refractivity contribution is 5.45. The summed E-state index contributed by atoms with van der Waals surface area (Å²) in [5.74, 6) is 1.27. The van der Waals surface area contributed by atoms with E-state index in [0.717, 1.165) is 12.1 Å². The van der Waals surface area contributed by atoms with Gasteiger partial charge in [-0.15, -0.1) is 0 Å². The lowest BCUT2D eigenvalue weighted by Gasteiger charge is -2.32. The third-order valence-electron chi connectivity index (χ3n) is 3.90. The Balaban J connectivity index is 0.000000817. The quantitative estimate of drug-likeness (QED) is 0.668. The number of rotatable bonds is 6. The number of ether oxygens (including phenoxy) is 3. The maximum absolute atomic E-state index is 9.82. The van der Waals surface area contributed by atoms with Gasteiger partial charge in [0.15, 0.2) is 17.6 Å². The number of hydrogen-bond acceptors (Lipinski definition) is 6. The Labute approximate surface area is 158 Å². The van der Waals surface area contributed by atoms with E-state index in [0.29, 0.717) is 31.3 Å². The van der Waals surface area contributed by atoms with Gasteiger partial charge in [0.05, 0.1) is 13.2 Å². The highest BCUT2D eigenvalue weighted by Gasteiger charge is 2.28. The summed E-state index contributed by atoms with van der Waals surface area (Å²) in [6.45, 7) is 4.39. The Bertz CT molecular complexity index is 688. The molecule has 0 aliphatic carbocycles. The second kappa shape index (κ2) is 11.1. The Morgan fingerprint density at radius 1 is 1.26 bits per heavy atom. The van der Waals surface area contributed by atoms with Crippen molar-refractivity contribution < 1.29 is 29.2 Å². The first-order valence-electron chi connectivity index (χ1n) is 8.77. The third-order valence-corrected chi connectivity index (χ3v) is 3.90. The normalized spacial score (nSPS) is 17.1. The van der Waals surface area contributed by atoms with Crippen molar-refractivity contribution in [2.75, 3.05) is 26.3 Å². The van der Waals surface area contributed by atoms with Crippen molar-refractivity contribution in [1.82, 2.24) is 5.32 Å². The molecule has 2 atom stereocenters. The summed E-state index contributed by atoms with van der Waals surface area (Å²) in [6, 6.07) is 14.9. The first-order valence-corrected chi connectivity index (χ1v) is 8.77. The van der Waals surface area contributed by atoms with Gasteiger partial charge in [0.25, 0.3) is 6.47 Å². The molecule has 146 valence electrons. The Morgan fingerprint density at radius 3 is 2.63 bits per heavy atom. The summed E-state index contributed by atoms with van der Waals surface area (Å²) in [4.78, 5) is 8.36. The zero-order valence-electron chi connectivity index (χ0n) is 15.2. The van der Waals surface area contributed by atoms with Gasteiger partial charge in [0.2, 0.25) is 0 Å². The predicted molar refractivity (Wildman–Crippen MR) is 100 cm³/mol. The topological polar surface area (TPSA) is 97.3 Å². The van der Waals surface area contributed by atoms with Crippen LogP contribution in [0.4, 0.5) is 0 Å². The van der Waals surface area contributed by atoms with Gasteiger partial charge in [-0.1, -0.05) is 30.3 Å². The SMILES string of the molecule is CCOc1ccc(O)cc1O[C@@H](c1ccccc1)[C@@H]1CNCCO1.O=CO. The van der Waals surface area contributed by atoms with Gasteiger partial charge >= 0.3 is 0 Å².